The predicted octanol–water partition coefficient (Wildman–Crippen LogP) is 1.45. The molecule has 4 amide bonds. The zero-order valence-electron chi connectivity index (χ0n) is 13.4. The minimum Gasteiger partial charge on any atom is -0.447 e. The van der Waals surface area contributed by atoms with Gasteiger partial charge in [0.2, 0.25) is 5.91 Å². The molecule has 0 bridgehead atoms. The molecular weight excluding hydrogens is 304 g/mol. The van der Waals surface area contributed by atoms with Crippen LogP contribution in [-0.2, 0) is 19.1 Å². The Morgan fingerprint density at radius 3 is 2.61 bits per heavy atom. The van der Waals surface area contributed by atoms with Crippen LogP contribution >= 0.6 is 0 Å². The van der Waals surface area contributed by atoms with E-state index in [-0.39, 0.29) is 31.9 Å². The maximum absolute atomic E-state index is 12.1. The molecule has 0 N–H and O–H groups in total. The Balaban J connectivity index is 1.94. The van der Waals surface area contributed by atoms with Gasteiger partial charge in [0.05, 0.1) is 12.6 Å². The van der Waals surface area contributed by atoms with Crippen LogP contribution < -0.4 is 0 Å². The average molecular weight is 324 g/mol. The third-order valence-electron chi connectivity index (χ3n) is 3.34. The average Bonchev–Trinajstić information content (AvgIpc) is 3.00. The summed E-state index contributed by atoms with van der Waals surface area (Å²) in [7, 11) is 0. The molecule has 2 aliphatic heterocycles. The van der Waals surface area contributed by atoms with Crippen molar-refractivity contribution >= 4 is 24.0 Å². The molecule has 8 heteroatoms. The molecule has 0 saturated carbocycles. The van der Waals surface area contributed by atoms with Crippen LogP contribution in [0.5, 0.6) is 0 Å². The van der Waals surface area contributed by atoms with Crippen molar-refractivity contribution in [2.75, 3.05) is 13.2 Å². The van der Waals surface area contributed by atoms with E-state index < -0.39 is 29.7 Å². The first kappa shape index (κ1) is 17.0. The highest BCUT2D eigenvalue weighted by Gasteiger charge is 2.36. The van der Waals surface area contributed by atoms with Crippen LogP contribution in [0.25, 0.3) is 0 Å². The number of nitrogens with zero attached hydrogens (tertiary/aromatic N) is 2. The highest BCUT2D eigenvalue weighted by atomic mass is 16.6. The largest absolute Gasteiger partial charge is 0.447 e. The standard InChI is InChI=1S/C15H20N2O6/c1-15(2,3)23-14(21)17-10(5-7-12(17)19)4-6-11(18)16-8-9-22-13(16)20/h5,7,10H,4,6,8-9H2,1-3H3/t10-/m0/s1. The molecule has 1 fully saturated rings. The van der Waals surface area contributed by atoms with Crippen molar-refractivity contribution in [3.8, 4) is 0 Å². The molecule has 1 saturated heterocycles. The van der Waals surface area contributed by atoms with Crippen molar-refractivity contribution in [3.05, 3.63) is 12.2 Å². The molecule has 0 aromatic carbocycles. The SMILES string of the molecule is CC(C)(C)OC(=O)N1C(=O)C=C[C@@H]1CCC(=O)N1CCOC1=O. The molecule has 2 rings (SSSR count). The maximum Gasteiger partial charge on any atom is 0.417 e. The Bertz CT molecular complexity index is 563. The summed E-state index contributed by atoms with van der Waals surface area (Å²) < 4.78 is 9.91. The number of carbonyl (C=O) groups is 4. The molecule has 0 aromatic rings. The molecule has 8 nitrogen and oxygen atoms in total. The second kappa shape index (κ2) is 6.39. The van der Waals surface area contributed by atoms with Crippen LogP contribution in [0.3, 0.4) is 0 Å². The number of hydrogen-bond acceptors (Lipinski definition) is 6. The number of carbonyl (C=O) groups excluding carboxylic acids is 4. The van der Waals surface area contributed by atoms with Gasteiger partial charge in [-0.05, 0) is 27.2 Å². The lowest BCUT2D eigenvalue weighted by molar-refractivity contribution is -0.129. The zero-order valence-corrected chi connectivity index (χ0v) is 13.4. The highest BCUT2D eigenvalue weighted by Crippen LogP contribution is 2.21. The van der Waals surface area contributed by atoms with Gasteiger partial charge in [0, 0.05) is 12.5 Å². The summed E-state index contributed by atoms with van der Waals surface area (Å²) in [5.41, 5.74) is -0.723. The van der Waals surface area contributed by atoms with Gasteiger partial charge in [-0.3, -0.25) is 9.59 Å². The van der Waals surface area contributed by atoms with Crippen LogP contribution in [0, 0.1) is 0 Å². The number of ether oxygens (including phenoxy) is 2. The first-order valence-corrected chi connectivity index (χ1v) is 7.40. The first-order chi connectivity index (χ1) is 10.7. The maximum atomic E-state index is 12.1. The van der Waals surface area contributed by atoms with E-state index in [4.69, 9.17) is 9.47 Å². The minimum atomic E-state index is -0.745. The third kappa shape index (κ3) is 4.08. The van der Waals surface area contributed by atoms with Gasteiger partial charge in [0.1, 0.15) is 12.2 Å². The van der Waals surface area contributed by atoms with Crippen molar-refractivity contribution in [2.24, 2.45) is 0 Å². The van der Waals surface area contributed by atoms with Crippen LogP contribution in [-0.4, -0.2) is 58.6 Å². The number of imide groups is 2. The Labute approximate surface area is 134 Å². The molecule has 2 heterocycles. The number of rotatable bonds is 3. The summed E-state index contributed by atoms with van der Waals surface area (Å²) in [6, 6.07) is -0.556. The molecule has 0 spiro atoms. The lowest BCUT2D eigenvalue weighted by atomic mass is 10.1. The van der Waals surface area contributed by atoms with Gasteiger partial charge in [-0.25, -0.2) is 19.4 Å². The molecule has 1 atom stereocenters. The van der Waals surface area contributed by atoms with Gasteiger partial charge in [-0.15, -0.1) is 0 Å². The zero-order chi connectivity index (χ0) is 17.2. The van der Waals surface area contributed by atoms with E-state index in [9.17, 15) is 19.2 Å². The van der Waals surface area contributed by atoms with Crippen LogP contribution in [0.2, 0.25) is 0 Å². The number of cyclic esters (lactones) is 1. The van der Waals surface area contributed by atoms with E-state index in [1.807, 2.05) is 0 Å². The van der Waals surface area contributed by atoms with Crippen molar-refractivity contribution in [1.29, 1.82) is 0 Å². The Hall–Kier alpha value is -2.38. The fourth-order valence-corrected chi connectivity index (χ4v) is 2.31. The van der Waals surface area contributed by atoms with E-state index in [0.717, 1.165) is 9.80 Å². The van der Waals surface area contributed by atoms with Crippen LogP contribution in [0.1, 0.15) is 33.6 Å². The highest BCUT2D eigenvalue weighted by molar-refractivity contribution is 6.01. The minimum absolute atomic E-state index is 0.0245. The number of amides is 4. The second-order valence-electron chi connectivity index (χ2n) is 6.31. The molecule has 0 unspecified atom stereocenters. The van der Waals surface area contributed by atoms with E-state index in [2.05, 4.69) is 0 Å². The summed E-state index contributed by atoms with van der Waals surface area (Å²) in [5.74, 6) is -0.860. The molecule has 126 valence electrons. The molecule has 0 aliphatic carbocycles. The molecular formula is C15H20N2O6. The third-order valence-corrected chi connectivity index (χ3v) is 3.34. The van der Waals surface area contributed by atoms with Gasteiger partial charge < -0.3 is 9.47 Å². The molecule has 23 heavy (non-hydrogen) atoms. The topological polar surface area (TPSA) is 93.2 Å². The van der Waals surface area contributed by atoms with Crippen molar-refractivity contribution < 1.29 is 28.7 Å². The second-order valence-corrected chi connectivity index (χ2v) is 6.31. The monoisotopic (exact) mass is 324 g/mol. The fourth-order valence-electron chi connectivity index (χ4n) is 2.31. The smallest absolute Gasteiger partial charge is 0.417 e. The molecule has 0 radical (unpaired) electrons. The van der Waals surface area contributed by atoms with E-state index in [1.165, 1.54) is 6.08 Å². The van der Waals surface area contributed by atoms with Gasteiger partial charge >= 0.3 is 12.2 Å². The van der Waals surface area contributed by atoms with Gasteiger partial charge in [-0.1, -0.05) is 6.08 Å². The summed E-state index contributed by atoms with van der Waals surface area (Å²) in [4.78, 5) is 49.3. The lowest BCUT2D eigenvalue weighted by Crippen LogP contribution is -2.43. The quantitative estimate of drug-likeness (QED) is 0.780. The van der Waals surface area contributed by atoms with Crippen LogP contribution in [0.4, 0.5) is 9.59 Å². The predicted molar refractivity (Wildman–Crippen MR) is 78.3 cm³/mol. The summed E-state index contributed by atoms with van der Waals surface area (Å²) in [5, 5.41) is 0. The molecule has 0 aromatic heterocycles. The van der Waals surface area contributed by atoms with E-state index in [1.54, 1.807) is 26.8 Å². The van der Waals surface area contributed by atoms with Crippen molar-refractivity contribution in [2.45, 2.75) is 45.3 Å². The van der Waals surface area contributed by atoms with Gasteiger partial charge in [0.15, 0.2) is 0 Å². The Kier molecular flexibility index (Phi) is 4.72. The van der Waals surface area contributed by atoms with Crippen LogP contribution in [0.15, 0.2) is 12.2 Å². The summed E-state index contributed by atoms with van der Waals surface area (Å²) in [6.45, 7) is 5.53. The Morgan fingerprint density at radius 2 is 2.04 bits per heavy atom. The first-order valence-electron chi connectivity index (χ1n) is 7.40. The fraction of sp³-hybridized carbons (Fsp3) is 0.600. The van der Waals surface area contributed by atoms with Gasteiger partial charge in [0.25, 0.3) is 5.91 Å². The normalized spacial score (nSPS) is 20.9. The molecule has 2 aliphatic rings. The van der Waals surface area contributed by atoms with E-state index in [0.29, 0.717) is 0 Å². The summed E-state index contributed by atoms with van der Waals surface area (Å²) in [6.07, 6.45) is 1.69. The lowest BCUT2D eigenvalue weighted by Gasteiger charge is -2.27. The number of hydrogen-bond donors (Lipinski definition) is 0. The van der Waals surface area contributed by atoms with Crippen molar-refractivity contribution in [3.63, 3.8) is 0 Å². The van der Waals surface area contributed by atoms with Gasteiger partial charge in [-0.2, -0.15) is 0 Å². The van der Waals surface area contributed by atoms with Crippen molar-refractivity contribution in [1.82, 2.24) is 9.80 Å². The summed E-state index contributed by atoms with van der Waals surface area (Å²) >= 11 is 0. The van der Waals surface area contributed by atoms with E-state index >= 15 is 0 Å². The Morgan fingerprint density at radius 1 is 1.35 bits per heavy atom.